The number of nitrogens with one attached hydrogen (secondary N) is 1. The van der Waals surface area contributed by atoms with Gasteiger partial charge in [0.15, 0.2) is 0 Å². The SMILES string of the molecule is CNCCc1nn(C)c(-c2ccccc2C)c1Br. The summed E-state index contributed by atoms with van der Waals surface area (Å²) >= 11 is 3.69. The second-order valence-electron chi connectivity index (χ2n) is 4.40. The molecule has 1 aromatic carbocycles. The Balaban J connectivity index is 2.46. The lowest BCUT2D eigenvalue weighted by Crippen LogP contribution is -2.11. The van der Waals surface area contributed by atoms with E-state index in [1.54, 1.807) is 0 Å². The van der Waals surface area contributed by atoms with Crippen LogP contribution in [-0.4, -0.2) is 23.4 Å². The molecule has 0 aliphatic carbocycles. The van der Waals surface area contributed by atoms with E-state index in [0.29, 0.717) is 0 Å². The summed E-state index contributed by atoms with van der Waals surface area (Å²) in [7, 11) is 3.95. The molecule has 0 bridgehead atoms. The van der Waals surface area contributed by atoms with Gasteiger partial charge in [0, 0.05) is 25.6 Å². The zero-order valence-electron chi connectivity index (χ0n) is 11.0. The average molecular weight is 308 g/mol. The van der Waals surface area contributed by atoms with Gasteiger partial charge in [-0.05, 0) is 35.5 Å². The van der Waals surface area contributed by atoms with Gasteiger partial charge in [0.05, 0.1) is 15.9 Å². The fourth-order valence-corrected chi connectivity index (χ4v) is 2.84. The largest absolute Gasteiger partial charge is 0.319 e. The molecule has 18 heavy (non-hydrogen) atoms. The molecule has 4 heteroatoms. The van der Waals surface area contributed by atoms with E-state index in [0.717, 1.165) is 28.8 Å². The van der Waals surface area contributed by atoms with Crippen LogP contribution in [0.3, 0.4) is 0 Å². The van der Waals surface area contributed by atoms with Gasteiger partial charge in [-0.25, -0.2) is 0 Å². The molecule has 0 saturated carbocycles. The lowest BCUT2D eigenvalue weighted by Gasteiger charge is -2.06. The highest BCUT2D eigenvalue weighted by Crippen LogP contribution is 2.32. The van der Waals surface area contributed by atoms with Gasteiger partial charge in [-0.15, -0.1) is 0 Å². The van der Waals surface area contributed by atoms with Gasteiger partial charge in [-0.1, -0.05) is 24.3 Å². The molecular weight excluding hydrogens is 290 g/mol. The predicted octanol–water partition coefficient (Wildman–Crippen LogP) is 2.92. The van der Waals surface area contributed by atoms with Crippen LogP contribution in [0, 0.1) is 6.92 Å². The molecule has 0 spiro atoms. The highest BCUT2D eigenvalue weighted by atomic mass is 79.9. The summed E-state index contributed by atoms with van der Waals surface area (Å²) in [5.74, 6) is 0. The molecule has 0 aliphatic heterocycles. The third-order valence-electron chi connectivity index (χ3n) is 3.07. The number of nitrogens with zero attached hydrogens (tertiary/aromatic N) is 2. The van der Waals surface area contributed by atoms with Crippen molar-refractivity contribution in [3.63, 3.8) is 0 Å². The number of halogens is 1. The summed E-state index contributed by atoms with van der Waals surface area (Å²) in [5.41, 5.74) is 4.75. The van der Waals surface area contributed by atoms with Crippen molar-refractivity contribution in [2.75, 3.05) is 13.6 Å². The van der Waals surface area contributed by atoms with Gasteiger partial charge >= 0.3 is 0 Å². The molecule has 1 N–H and O–H groups in total. The Kier molecular flexibility index (Phi) is 4.19. The van der Waals surface area contributed by atoms with Gasteiger partial charge in [0.25, 0.3) is 0 Å². The molecule has 1 heterocycles. The monoisotopic (exact) mass is 307 g/mol. The van der Waals surface area contributed by atoms with Gasteiger partial charge in [-0.2, -0.15) is 5.10 Å². The van der Waals surface area contributed by atoms with Crippen molar-refractivity contribution in [1.82, 2.24) is 15.1 Å². The molecule has 0 amide bonds. The minimum Gasteiger partial charge on any atom is -0.319 e. The molecule has 0 radical (unpaired) electrons. The van der Waals surface area contributed by atoms with Crippen LogP contribution < -0.4 is 5.32 Å². The Bertz CT molecular complexity index is 546. The molecule has 3 nitrogen and oxygen atoms in total. The van der Waals surface area contributed by atoms with Gasteiger partial charge in [-0.3, -0.25) is 4.68 Å². The third-order valence-corrected chi connectivity index (χ3v) is 3.90. The molecule has 0 atom stereocenters. The van der Waals surface area contributed by atoms with Crippen LogP contribution in [0.1, 0.15) is 11.3 Å². The summed E-state index contributed by atoms with van der Waals surface area (Å²) in [4.78, 5) is 0. The van der Waals surface area contributed by atoms with Crippen molar-refractivity contribution in [3.8, 4) is 11.3 Å². The Labute approximate surface area is 116 Å². The van der Waals surface area contributed by atoms with Crippen LogP contribution in [0.15, 0.2) is 28.7 Å². The van der Waals surface area contributed by atoms with Gasteiger partial charge in [0.1, 0.15) is 0 Å². The maximum Gasteiger partial charge on any atom is 0.0826 e. The molecular formula is C14H18BrN3. The predicted molar refractivity (Wildman–Crippen MR) is 78.7 cm³/mol. The summed E-state index contributed by atoms with van der Waals surface area (Å²) < 4.78 is 3.06. The Morgan fingerprint density at radius 1 is 1.33 bits per heavy atom. The van der Waals surface area contributed by atoms with E-state index in [9.17, 15) is 0 Å². The van der Waals surface area contributed by atoms with E-state index < -0.39 is 0 Å². The van der Waals surface area contributed by atoms with E-state index >= 15 is 0 Å². The zero-order valence-corrected chi connectivity index (χ0v) is 12.6. The first-order chi connectivity index (χ1) is 8.65. The van der Waals surface area contributed by atoms with E-state index in [1.807, 2.05) is 18.8 Å². The molecule has 1 aromatic heterocycles. The molecule has 2 aromatic rings. The molecule has 0 saturated heterocycles. The second-order valence-corrected chi connectivity index (χ2v) is 5.19. The first-order valence-electron chi connectivity index (χ1n) is 6.07. The normalized spacial score (nSPS) is 10.9. The number of hydrogen-bond donors (Lipinski definition) is 1. The zero-order chi connectivity index (χ0) is 13.1. The number of likely N-dealkylation sites (N-methyl/N-ethyl adjacent to an activating group) is 1. The Morgan fingerprint density at radius 3 is 2.72 bits per heavy atom. The average Bonchev–Trinajstić information content (AvgIpc) is 2.63. The van der Waals surface area contributed by atoms with Gasteiger partial charge in [0.2, 0.25) is 0 Å². The quantitative estimate of drug-likeness (QED) is 0.941. The van der Waals surface area contributed by atoms with Crippen molar-refractivity contribution in [1.29, 1.82) is 0 Å². The summed E-state index contributed by atoms with van der Waals surface area (Å²) in [6.45, 7) is 3.06. The fraction of sp³-hybridized carbons (Fsp3) is 0.357. The number of rotatable bonds is 4. The highest BCUT2D eigenvalue weighted by Gasteiger charge is 2.16. The summed E-state index contributed by atoms with van der Waals surface area (Å²) in [6, 6.07) is 8.39. The molecule has 2 rings (SSSR count). The van der Waals surface area contributed by atoms with Gasteiger partial charge < -0.3 is 5.32 Å². The van der Waals surface area contributed by atoms with E-state index in [2.05, 4.69) is 57.5 Å². The van der Waals surface area contributed by atoms with Crippen molar-refractivity contribution in [2.24, 2.45) is 7.05 Å². The Morgan fingerprint density at radius 2 is 2.06 bits per heavy atom. The van der Waals surface area contributed by atoms with Crippen molar-refractivity contribution >= 4 is 15.9 Å². The van der Waals surface area contributed by atoms with Crippen LogP contribution in [-0.2, 0) is 13.5 Å². The standard InChI is InChI=1S/C14H18BrN3/c1-10-6-4-5-7-11(10)14-13(15)12(8-9-16-2)17-18(14)3/h4-7,16H,8-9H2,1-3H3. The minimum atomic E-state index is 0.927. The summed E-state index contributed by atoms with van der Waals surface area (Å²) in [6.07, 6.45) is 0.927. The Hall–Kier alpha value is -1.13. The first-order valence-corrected chi connectivity index (χ1v) is 6.86. The first kappa shape index (κ1) is 13.3. The van der Waals surface area contributed by atoms with Crippen LogP contribution >= 0.6 is 15.9 Å². The topological polar surface area (TPSA) is 29.9 Å². The number of aromatic nitrogens is 2. The van der Waals surface area contributed by atoms with Crippen LogP contribution in [0.5, 0.6) is 0 Å². The molecule has 0 aliphatic rings. The third kappa shape index (κ3) is 2.49. The fourth-order valence-electron chi connectivity index (χ4n) is 2.09. The minimum absolute atomic E-state index is 0.927. The van der Waals surface area contributed by atoms with Crippen LogP contribution in [0.2, 0.25) is 0 Å². The lowest BCUT2D eigenvalue weighted by atomic mass is 10.1. The van der Waals surface area contributed by atoms with Crippen LogP contribution in [0.4, 0.5) is 0 Å². The maximum atomic E-state index is 4.59. The number of aryl methyl sites for hydroxylation is 2. The number of benzene rings is 1. The lowest BCUT2D eigenvalue weighted by molar-refractivity contribution is 0.720. The van der Waals surface area contributed by atoms with Crippen molar-refractivity contribution in [3.05, 3.63) is 40.0 Å². The molecule has 96 valence electrons. The molecule has 0 fully saturated rings. The van der Waals surface area contributed by atoms with Crippen LogP contribution in [0.25, 0.3) is 11.3 Å². The van der Waals surface area contributed by atoms with E-state index in [4.69, 9.17) is 0 Å². The molecule has 0 unspecified atom stereocenters. The number of hydrogen-bond acceptors (Lipinski definition) is 2. The maximum absolute atomic E-state index is 4.59. The van der Waals surface area contributed by atoms with Crippen molar-refractivity contribution in [2.45, 2.75) is 13.3 Å². The summed E-state index contributed by atoms with van der Waals surface area (Å²) in [5, 5.41) is 7.75. The van der Waals surface area contributed by atoms with E-state index in [1.165, 1.54) is 11.1 Å². The second kappa shape index (κ2) is 5.67. The van der Waals surface area contributed by atoms with Crippen molar-refractivity contribution < 1.29 is 0 Å². The smallest absolute Gasteiger partial charge is 0.0826 e. The highest BCUT2D eigenvalue weighted by molar-refractivity contribution is 9.10. The van der Waals surface area contributed by atoms with E-state index in [-0.39, 0.29) is 0 Å².